The highest BCUT2D eigenvalue weighted by atomic mass is 35.5. The van der Waals surface area contributed by atoms with Gasteiger partial charge in [0, 0.05) is 30.6 Å². The Bertz CT molecular complexity index is 802. The van der Waals surface area contributed by atoms with Crippen LogP contribution in [-0.2, 0) is 19.5 Å². The molecule has 0 saturated carbocycles. The minimum Gasteiger partial charge on any atom is -0.494 e. The molecule has 6 nitrogen and oxygen atoms in total. The van der Waals surface area contributed by atoms with E-state index in [1.54, 1.807) is 21.3 Å². The first kappa shape index (κ1) is 23.0. The molecule has 0 amide bonds. The summed E-state index contributed by atoms with van der Waals surface area (Å²) >= 11 is 0. The number of nitrogens with one attached hydrogen (secondary N) is 1. The molecule has 0 aromatic heterocycles. The molecule has 0 aliphatic carbocycles. The number of hydrogen-bond acceptors (Lipinski definition) is 6. The van der Waals surface area contributed by atoms with Gasteiger partial charge in [0.15, 0.2) is 11.5 Å². The monoisotopic (exact) mass is 423 g/mol. The highest BCUT2D eigenvalue weighted by molar-refractivity contribution is 5.85. The lowest BCUT2D eigenvalue weighted by atomic mass is 10.1. The van der Waals surface area contributed by atoms with E-state index in [2.05, 4.69) is 24.4 Å². The van der Waals surface area contributed by atoms with Crippen LogP contribution in [0.5, 0.6) is 28.7 Å². The van der Waals surface area contributed by atoms with Crippen molar-refractivity contribution in [2.45, 2.75) is 39.5 Å². The SMILES string of the molecule is CCOc1cc2c(cc1CNCc1cc(OC)c(OC)c(OC)c1)OC(C)C2.Cl. The topological polar surface area (TPSA) is 58.2 Å². The van der Waals surface area contributed by atoms with Crippen molar-refractivity contribution in [3.8, 4) is 28.7 Å². The molecule has 1 aliphatic rings. The molecule has 2 aromatic carbocycles. The first-order valence-electron chi connectivity index (χ1n) is 9.54. The van der Waals surface area contributed by atoms with Crippen molar-refractivity contribution >= 4 is 12.4 Å². The zero-order valence-electron chi connectivity index (χ0n) is 17.7. The molecule has 0 radical (unpaired) electrons. The summed E-state index contributed by atoms with van der Waals surface area (Å²) in [4.78, 5) is 0. The highest BCUT2D eigenvalue weighted by Gasteiger charge is 2.22. The van der Waals surface area contributed by atoms with Crippen LogP contribution in [0.3, 0.4) is 0 Å². The van der Waals surface area contributed by atoms with Crippen LogP contribution in [0.2, 0.25) is 0 Å². The van der Waals surface area contributed by atoms with Gasteiger partial charge in [-0.2, -0.15) is 0 Å². The van der Waals surface area contributed by atoms with Gasteiger partial charge >= 0.3 is 0 Å². The van der Waals surface area contributed by atoms with Gasteiger partial charge in [-0.05, 0) is 43.7 Å². The Hall–Kier alpha value is -2.31. The second-order valence-corrected chi connectivity index (χ2v) is 6.77. The zero-order valence-corrected chi connectivity index (χ0v) is 18.5. The second kappa shape index (κ2) is 10.5. The van der Waals surface area contributed by atoms with Crippen molar-refractivity contribution in [2.24, 2.45) is 0 Å². The van der Waals surface area contributed by atoms with Crippen LogP contribution in [0.15, 0.2) is 24.3 Å². The molecule has 29 heavy (non-hydrogen) atoms. The third-order valence-corrected chi connectivity index (χ3v) is 4.75. The van der Waals surface area contributed by atoms with Gasteiger partial charge < -0.3 is 29.0 Å². The first-order valence-corrected chi connectivity index (χ1v) is 9.54. The van der Waals surface area contributed by atoms with Crippen LogP contribution in [0.1, 0.15) is 30.5 Å². The molecular formula is C22H30ClNO5. The number of ether oxygens (including phenoxy) is 5. The minimum absolute atomic E-state index is 0. The molecule has 7 heteroatoms. The molecule has 1 N–H and O–H groups in total. The fourth-order valence-electron chi connectivity index (χ4n) is 3.49. The Morgan fingerprint density at radius 1 is 0.966 bits per heavy atom. The van der Waals surface area contributed by atoms with E-state index in [1.807, 2.05) is 19.1 Å². The van der Waals surface area contributed by atoms with E-state index in [-0.39, 0.29) is 18.5 Å². The molecular weight excluding hydrogens is 394 g/mol. The van der Waals surface area contributed by atoms with E-state index in [4.69, 9.17) is 23.7 Å². The van der Waals surface area contributed by atoms with Crippen LogP contribution < -0.4 is 29.0 Å². The quantitative estimate of drug-likeness (QED) is 0.654. The van der Waals surface area contributed by atoms with Gasteiger partial charge in [0.05, 0.1) is 27.9 Å². The molecule has 0 bridgehead atoms. The van der Waals surface area contributed by atoms with Crippen LogP contribution in [-0.4, -0.2) is 34.0 Å². The summed E-state index contributed by atoms with van der Waals surface area (Å²) in [5.74, 6) is 3.76. The summed E-state index contributed by atoms with van der Waals surface area (Å²) in [6, 6.07) is 8.10. The van der Waals surface area contributed by atoms with Crippen molar-refractivity contribution < 1.29 is 23.7 Å². The van der Waals surface area contributed by atoms with Crippen LogP contribution >= 0.6 is 12.4 Å². The summed E-state index contributed by atoms with van der Waals surface area (Å²) in [5.41, 5.74) is 3.34. The number of halogens is 1. The number of methoxy groups -OCH3 is 3. The zero-order chi connectivity index (χ0) is 20.1. The number of hydrogen-bond donors (Lipinski definition) is 1. The normalized spacial score (nSPS) is 14.4. The van der Waals surface area contributed by atoms with E-state index in [1.165, 1.54) is 5.56 Å². The molecule has 2 aromatic rings. The number of rotatable bonds is 9. The third kappa shape index (κ3) is 5.19. The molecule has 1 unspecified atom stereocenters. The highest BCUT2D eigenvalue weighted by Crippen LogP contribution is 2.38. The van der Waals surface area contributed by atoms with Crippen molar-refractivity contribution in [2.75, 3.05) is 27.9 Å². The van der Waals surface area contributed by atoms with Gasteiger partial charge in [0.2, 0.25) is 5.75 Å². The summed E-state index contributed by atoms with van der Waals surface area (Å²) in [6.45, 7) is 6.03. The Morgan fingerprint density at radius 2 is 1.66 bits per heavy atom. The van der Waals surface area contributed by atoms with E-state index >= 15 is 0 Å². The van der Waals surface area contributed by atoms with E-state index in [0.717, 1.165) is 29.0 Å². The van der Waals surface area contributed by atoms with Gasteiger partial charge in [0.25, 0.3) is 0 Å². The first-order chi connectivity index (χ1) is 13.6. The lowest BCUT2D eigenvalue weighted by Gasteiger charge is -2.15. The minimum atomic E-state index is 0. The van der Waals surface area contributed by atoms with Crippen LogP contribution in [0, 0.1) is 0 Å². The molecule has 160 valence electrons. The number of fused-ring (bicyclic) bond motifs is 1. The molecule has 0 fully saturated rings. The summed E-state index contributed by atoms with van der Waals surface area (Å²) < 4.78 is 28.0. The Kier molecular flexibility index (Phi) is 8.29. The molecule has 1 aliphatic heterocycles. The van der Waals surface area contributed by atoms with E-state index in [0.29, 0.717) is 36.9 Å². The van der Waals surface area contributed by atoms with Gasteiger partial charge in [-0.25, -0.2) is 0 Å². The lowest BCUT2D eigenvalue weighted by molar-refractivity contribution is 0.254. The maximum Gasteiger partial charge on any atom is 0.203 e. The predicted molar refractivity (Wildman–Crippen MR) is 115 cm³/mol. The summed E-state index contributed by atoms with van der Waals surface area (Å²) in [6.07, 6.45) is 1.14. The van der Waals surface area contributed by atoms with E-state index < -0.39 is 0 Å². The molecule has 0 saturated heterocycles. The van der Waals surface area contributed by atoms with Gasteiger partial charge in [-0.1, -0.05) is 0 Å². The van der Waals surface area contributed by atoms with Gasteiger partial charge in [0.1, 0.15) is 17.6 Å². The number of benzene rings is 2. The largest absolute Gasteiger partial charge is 0.494 e. The van der Waals surface area contributed by atoms with Gasteiger partial charge in [-0.15, -0.1) is 12.4 Å². The van der Waals surface area contributed by atoms with Crippen molar-refractivity contribution in [3.63, 3.8) is 0 Å². The van der Waals surface area contributed by atoms with Crippen molar-refractivity contribution in [1.82, 2.24) is 5.32 Å². The Labute approximate surface area is 178 Å². The average Bonchev–Trinajstić information content (AvgIpc) is 3.06. The van der Waals surface area contributed by atoms with Crippen LogP contribution in [0.4, 0.5) is 0 Å². The van der Waals surface area contributed by atoms with E-state index in [9.17, 15) is 0 Å². The average molecular weight is 424 g/mol. The third-order valence-electron chi connectivity index (χ3n) is 4.75. The molecule has 3 rings (SSSR count). The molecule has 1 atom stereocenters. The van der Waals surface area contributed by atoms with Crippen LogP contribution in [0.25, 0.3) is 0 Å². The molecule has 1 heterocycles. The summed E-state index contributed by atoms with van der Waals surface area (Å²) in [5, 5.41) is 3.47. The predicted octanol–water partition coefficient (Wildman–Crippen LogP) is 4.15. The maximum atomic E-state index is 5.90. The molecule has 0 spiro atoms. The van der Waals surface area contributed by atoms with Crippen molar-refractivity contribution in [1.29, 1.82) is 0 Å². The fraction of sp³-hybridized carbons (Fsp3) is 0.455. The fourth-order valence-corrected chi connectivity index (χ4v) is 3.49. The standard InChI is InChI=1S/C22H29NO5.ClH/c1-6-27-18-10-16-7-14(2)28-19(16)11-17(18)13-23-12-15-8-20(24-3)22(26-5)21(9-15)25-4;/h8-11,14,23H,6-7,12-13H2,1-5H3;1H. The Morgan fingerprint density at radius 3 is 2.24 bits per heavy atom. The maximum absolute atomic E-state index is 5.90. The smallest absolute Gasteiger partial charge is 0.203 e. The lowest BCUT2D eigenvalue weighted by Crippen LogP contribution is -2.14. The Balaban J connectivity index is 0.00000300. The van der Waals surface area contributed by atoms with Gasteiger partial charge in [-0.3, -0.25) is 0 Å². The van der Waals surface area contributed by atoms with Crippen molar-refractivity contribution in [3.05, 3.63) is 41.0 Å². The second-order valence-electron chi connectivity index (χ2n) is 6.77. The summed E-state index contributed by atoms with van der Waals surface area (Å²) in [7, 11) is 4.84.